The molecule has 84 valence electrons. The van der Waals surface area contributed by atoms with Crippen LogP contribution in [0.2, 0.25) is 0 Å². The van der Waals surface area contributed by atoms with Gasteiger partial charge in [0, 0.05) is 11.5 Å². The summed E-state index contributed by atoms with van der Waals surface area (Å²) in [5.41, 5.74) is 2.14. The van der Waals surface area contributed by atoms with Crippen molar-refractivity contribution in [3.8, 4) is 0 Å². The van der Waals surface area contributed by atoms with Gasteiger partial charge in [0.15, 0.2) is 5.78 Å². The molecule has 1 unspecified atom stereocenters. The van der Waals surface area contributed by atoms with Crippen LogP contribution in [0.1, 0.15) is 50.5 Å². The van der Waals surface area contributed by atoms with E-state index in [1.165, 1.54) is 5.56 Å². The number of Topliss-reactive ketones (excluding diaryl/α,β-unsaturated/α-hetero) is 1. The number of ketones is 1. The van der Waals surface area contributed by atoms with Gasteiger partial charge < -0.3 is 0 Å². The number of carbonyl (C=O) groups is 1. The van der Waals surface area contributed by atoms with Gasteiger partial charge in [0.2, 0.25) is 0 Å². The van der Waals surface area contributed by atoms with Crippen LogP contribution in [0.25, 0.3) is 0 Å². The fourth-order valence-electron chi connectivity index (χ4n) is 1.63. The molecule has 0 radical (unpaired) electrons. The van der Waals surface area contributed by atoms with Crippen LogP contribution in [0.5, 0.6) is 0 Å². The van der Waals surface area contributed by atoms with E-state index < -0.39 is 0 Å². The van der Waals surface area contributed by atoms with Gasteiger partial charge >= 0.3 is 0 Å². The molecule has 1 aromatic carbocycles. The van der Waals surface area contributed by atoms with Gasteiger partial charge in [-0.05, 0) is 12.0 Å². The molecule has 1 aliphatic carbocycles. The molecule has 0 aliphatic heterocycles. The third-order valence-corrected chi connectivity index (χ3v) is 2.26. The van der Waals surface area contributed by atoms with E-state index >= 15 is 0 Å². The fraction of sp³-hybridized carbons (Fsp3) is 0.500. The average molecular weight is 206 g/mol. The van der Waals surface area contributed by atoms with Crippen molar-refractivity contribution >= 4 is 5.78 Å². The lowest BCUT2D eigenvalue weighted by molar-refractivity contribution is 0.0946. The summed E-state index contributed by atoms with van der Waals surface area (Å²) in [6.07, 6.45) is 0.926. The minimum atomic E-state index is 0.201. The van der Waals surface area contributed by atoms with Gasteiger partial charge in [-0.3, -0.25) is 4.79 Å². The summed E-state index contributed by atoms with van der Waals surface area (Å²) in [6.45, 7) is 9.99. The van der Waals surface area contributed by atoms with Crippen LogP contribution < -0.4 is 0 Å². The van der Waals surface area contributed by atoms with E-state index in [9.17, 15) is 4.79 Å². The molecule has 0 heterocycles. The summed E-state index contributed by atoms with van der Waals surface area (Å²) < 4.78 is 0. The molecule has 0 aromatic heterocycles. The standard InChI is InChI=1S/C10H10O.2C2H6/c1-7-6-8-4-2-3-5-9(8)10(7)11;2*1-2/h2-5,7H,6H2,1H3;2*1-2H3. The third-order valence-electron chi connectivity index (χ3n) is 2.26. The number of benzene rings is 1. The molecule has 15 heavy (non-hydrogen) atoms. The minimum Gasteiger partial charge on any atom is -0.294 e. The average Bonchev–Trinajstić information content (AvgIpc) is 2.61. The predicted molar refractivity (Wildman–Crippen MR) is 66.3 cm³/mol. The summed E-state index contributed by atoms with van der Waals surface area (Å²) in [6, 6.07) is 7.87. The summed E-state index contributed by atoms with van der Waals surface area (Å²) >= 11 is 0. The summed E-state index contributed by atoms with van der Waals surface area (Å²) in [5.74, 6) is 0.507. The van der Waals surface area contributed by atoms with Crippen LogP contribution >= 0.6 is 0 Å². The Labute approximate surface area is 93.5 Å². The number of fused-ring (bicyclic) bond motifs is 1. The molecule has 1 atom stereocenters. The Morgan fingerprint density at radius 2 is 1.60 bits per heavy atom. The fourth-order valence-corrected chi connectivity index (χ4v) is 1.63. The largest absolute Gasteiger partial charge is 0.294 e. The highest BCUT2D eigenvalue weighted by atomic mass is 16.1. The van der Waals surface area contributed by atoms with Crippen molar-refractivity contribution in [2.75, 3.05) is 0 Å². The highest BCUT2D eigenvalue weighted by Gasteiger charge is 2.25. The lowest BCUT2D eigenvalue weighted by Crippen LogP contribution is -2.02. The molecule has 1 aromatic rings. The van der Waals surface area contributed by atoms with Crippen molar-refractivity contribution in [1.29, 1.82) is 0 Å². The Morgan fingerprint density at radius 1 is 1.07 bits per heavy atom. The lowest BCUT2D eigenvalue weighted by atomic mass is 10.1. The van der Waals surface area contributed by atoms with Gasteiger partial charge in [0.05, 0.1) is 0 Å². The van der Waals surface area contributed by atoms with E-state index in [-0.39, 0.29) is 5.92 Å². The number of carbonyl (C=O) groups excluding carboxylic acids is 1. The van der Waals surface area contributed by atoms with Crippen molar-refractivity contribution in [3.05, 3.63) is 35.4 Å². The maximum atomic E-state index is 11.4. The molecular weight excluding hydrogens is 184 g/mol. The molecule has 0 fully saturated rings. The molecule has 0 bridgehead atoms. The first-order valence-electron chi connectivity index (χ1n) is 5.91. The van der Waals surface area contributed by atoms with Crippen LogP contribution in [0.3, 0.4) is 0 Å². The lowest BCUT2D eigenvalue weighted by Gasteiger charge is -1.93. The van der Waals surface area contributed by atoms with Crippen LogP contribution in [-0.4, -0.2) is 5.78 Å². The highest BCUT2D eigenvalue weighted by Crippen LogP contribution is 2.25. The molecule has 0 saturated carbocycles. The van der Waals surface area contributed by atoms with E-state index in [1.807, 2.05) is 58.9 Å². The molecule has 2 rings (SSSR count). The van der Waals surface area contributed by atoms with Crippen LogP contribution in [0.15, 0.2) is 24.3 Å². The highest BCUT2D eigenvalue weighted by molar-refractivity contribution is 6.01. The van der Waals surface area contributed by atoms with E-state index in [4.69, 9.17) is 0 Å². The molecule has 0 amide bonds. The Balaban J connectivity index is 0.000000442. The van der Waals surface area contributed by atoms with Gasteiger partial charge in [-0.15, -0.1) is 0 Å². The van der Waals surface area contributed by atoms with Crippen LogP contribution in [-0.2, 0) is 6.42 Å². The van der Waals surface area contributed by atoms with Crippen molar-refractivity contribution < 1.29 is 4.79 Å². The second-order valence-corrected chi connectivity index (χ2v) is 3.13. The maximum absolute atomic E-state index is 11.4. The van der Waals surface area contributed by atoms with Gasteiger partial charge in [-0.1, -0.05) is 58.9 Å². The van der Waals surface area contributed by atoms with Crippen LogP contribution in [0, 0.1) is 5.92 Å². The van der Waals surface area contributed by atoms with Crippen molar-refractivity contribution in [3.63, 3.8) is 0 Å². The number of rotatable bonds is 0. The van der Waals surface area contributed by atoms with Gasteiger partial charge in [0.25, 0.3) is 0 Å². The monoisotopic (exact) mass is 206 g/mol. The molecule has 0 N–H and O–H groups in total. The zero-order valence-electron chi connectivity index (χ0n) is 10.5. The molecule has 1 aliphatic rings. The van der Waals surface area contributed by atoms with Gasteiger partial charge in [-0.2, -0.15) is 0 Å². The third kappa shape index (κ3) is 3.19. The molecular formula is C14H22O. The zero-order chi connectivity index (χ0) is 11.8. The zero-order valence-corrected chi connectivity index (χ0v) is 10.5. The second-order valence-electron chi connectivity index (χ2n) is 3.13. The Bertz CT molecular complexity index is 302. The van der Waals surface area contributed by atoms with Gasteiger partial charge in [0.1, 0.15) is 0 Å². The maximum Gasteiger partial charge on any atom is 0.166 e. The predicted octanol–water partition coefficient (Wildman–Crippen LogP) is 4.11. The van der Waals surface area contributed by atoms with Crippen LogP contribution in [0.4, 0.5) is 0 Å². The first-order valence-corrected chi connectivity index (χ1v) is 5.91. The van der Waals surface area contributed by atoms with Crippen molar-refractivity contribution in [1.82, 2.24) is 0 Å². The summed E-state index contributed by atoms with van der Waals surface area (Å²) in [5, 5.41) is 0. The summed E-state index contributed by atoms with van der Waals surface area (Å²) in [4.78, 5) is 11.4. The quantitative estimate of drug-likeness (QED) is 0.624. The normalized spacial score (nSPS) is 16.9. The van der Waals surface area contributed by atoms with Gasteiger partial charge in [-0.25, -0.2) is 0 Å². The topological polar surface area (TPSA) is 17.1 Å². The Kier molecular flexibility index (Phi) is 6.68. The first kappa shape index (κ1) is 13.9. The van der Waals surface area contributed by atoms with E-state index in [0.717, 1.165) is 12.0 Å². The number of hydrogen-bond donors (Lipinski definition) is 0. The summed E-state index contributed by atoms with van der Waals surface area (Å²) in [7, 11) is 0. The minimum absolute atomic E-state index is 0.201. The molecule has 0 saturated heterocycles. The smallest absolute Gasteiger partial charge is 0.166 e. The van der Waals surface area contributed by atoms with E-state index in [0.29, 0.717) is 5.78 Å². The van der Waals surface area contributed by atoms with Crippen molar-refractivity contribution in [2.45, 2.75) is 41.0 Å². The first-order chi connectivity index (χ1) is 7.29. The SMILES string of the molecule is CC.CC.CC1Cc2ccccc2C1=O. The van der Waals surface area contributed by atoms with Crippen molar-refractivity contribution in [2.24, 2.45) is 5.92 Å². The number of hydrogen-bond acceptors (Lipinski definition) is 1. The van der Waals surface area contributed by atoms with E-state index in [1.54, 1.807) is 0 Å². The second kappa shape index (κ2) is 7.22. The Morgan fingerprint density at radius 3 is 2.13 bits per heavy atom. The molecule has 1 nitrogen and oxygen atoms in total. The molecule has 0 spiro atoms. The molecule has 1 heteroatoms. The van der Waals surface area contributed by atoms with E-state index in [2.05, 4.69) is 0 Å². The Hall–Kier alpha value is -1.11.